The molecule has 1 N–H and O–H groups in total. The van der Waals surface area contributed by atoms with Crippen molar-refractivity contribution in [1.29, 1.82) is 0 Å². The van der Waals surface area contributed by atoms with Crippen LogP contribution in [0.3, 0.4) is 0 Å². The van der Waals surface area contributed by atoms with E-state index in [0.717, 1.165) is 31.6 Å². The van der Waals surface area contributed by atoms with Gasteiger partial charge in [-0.05, 0) is 44.4 Å². The number of likely N-dealkylation sites (tertiary alicyclic amines) is 1. The van der Waals surface area contributed by atoms with Gasteiger partial charge in [0.2, 0.25) is 5.12 Å². The van der Waals surface area contributed by atoms with Crippen LogP contribution in [0.1, 0.15) is 57.8 Å². The van der Waals surface area contributed by atoms with Crippen molar-refractivity contribution >= 4 is 22.9 Å². The van der Waals surface area contributed by atoms with Gasteiger partial charge >= 0.3 is 6.03 Å². The standard InChI is InChI=1S/C16H26N2O2S/c19-15-13(9-11-21-15)17-16(20)18-10-5-4-8-14(18)12-6-2-1-3-7-12/h12-14H,1-11H2,(H,17,20). The van der Waals surface area contributed by atoms with Crippen LogP contribution in [0, 0.1) is 5.92 Å². The van der Waals surface area contributed by atoms with E-state index in [4.69, 9.17) is 0 Å². The highest BCUT2D eigenvalue weighted by Crippen LogP contribution is 2.33. The first-order chi connectivity index (χ1) is 10.3. The maximum Gasteiger partial charge on any atom is 0.318 e. The van der Waals surface area contributed by atoms with Crippen LogP contribution in [-0.4, -0.2) is 40.4 Å². The molecular weight excluding hydrogens is 284 g/mol. The second-order valence-electron chi connectivity index (χ2n) is 6.61. The average Bonchev–Trinajstić information content (AvgIpc) is 2.93. The third-order valence-corrected chi connectivity index (χ3v) is 6.25. The average molecular weight is 310 g/mol. The molecule has 5 heteroatoms. The third kappa shape index (κ3) is 3.55. The van der Waals surface area contributed by atoms with Crippen molar-refractivity contribution in [3.05, 3.63) is 0 Å². The van der Waals surface area contributed by atoms with E-state index in [1.807, 2.05) is 0 Å². The Balaban J connectivity index is 1.62. The molecule has 2 amide bonds. The quantitative estimate of drug-likeness (QED) is 0.852. The van der Waals surface area contributed by atoms with E-state index in [0.29, 0.717) is 12.0 Å². The van der Waals surface area contributed by atoms with Gasteiger partial charge in [-0.1, -0.05) is 31.0 Å². The summed E-state index contributed by atoms with van der Waals surface area (Å²) >= 11 is 1.35. The maximum atomic E-state index is 12.6. The second kappa shape index (κ2) is 7.03. The number of hydrogen-bond donors (Lipinski definition) is 1. The van der Waals surface area contributed by atoms with Gasteiger partial charge in [0, 0.05) is 18.3 Å². The van der Waals surface area contributed by atoms with Crippen molar-refractivity contribution in [1.82, 2.24) is 10.2 Å². The highest BCUT2D eigenvalue weighted by Gasteiger charge is 2.35. The van der Waals surface area contributed by atoms with E-state index in [1.165, 1.54) is 50.3 Å². The Morgan fingerprint density at radius 1 is 1.05 bits per heavy atom. The predicted molar refractivity (Wildman–Crippen MR) is 85.3 cm³/mol. The largest absolute Gasteiger partial charge is 0.327 e. The Labute approximate surface area is 131 Å². The van der Waals surface area contributed by atoms with E-state index in [9.17, 15) is 9.59 Å². The van der Waals surface area contributed by atoms with Gasteiger partial charge < -0.3 is 10.2 Å². The smallest absolute Gasteiger partial charge is 0.318 e. The van der Waals surface area contributed by atoms with Gasteiger partial charge in [-0.3, -0.25) is 4.79 Å². The first kappa shape index (κ1) is 15.2. The zero-order valence-corrected chi connectivity index (χ0v) is 13.5. The van der Waals surface area contributed by atoms with Gasteiger partial charge in [-0.25, -0.2) is 4.79 Å². The van der Waals surface area contributed by atoms with E-state index in [1.54, 1.807) is 0 Å². The maximum absolute atomic E-state index is 12.6. The summed E-state index contributed by atoms with van der Waals surface area (Å²) in [5.41, 5.74) is 0. The zero-order valence-electron chi connectivity index (χ0n) is 12.7. The van der Waals surface area contributed by atoms with Gasteiger partial charge in [0.15, 0.2) is 0 Å². The Morgan fingerprint density at radius 3 is 2.52 bits per heavy atom. The number of rotatable bonds is 2. The molecule has 0 radical (unpaired) electrons. The van der Waals surface area contributed by atoms with Crippen molar-refractivity contribution in [2.75, 3.05) is 12.3 Å². The molecule has 118 valence electrons. The molecule has 21 heavy (non-hydrogen) atoms. The van der Waals surface area contributed by atoms with Crippen molar-refractivity contribution in [3.8, 4) is 0 Å². The van der Waals surface area contributed by atoms with E-state index in [2.05, 4.69) is 10.2 Å². The van der Waals surface area contributed by atoms with Crippen LogP contribution >= 0.6 is 11.8 Å². The lowest BCUT2D eigenvalue weighted by Gasteiger charge is -2.42. The number of thioether (sulfide) groups is 1. The number of piperidine rings is 1. The summed E-state index contributed by atoms with van der Waals surface area (Å²) in [4.78, 5) is 26.4. The second-order valence-corrected chi connectivity index (χ2v) is 7.71. The fourth-order valence-corrected chi connectivity index (χ4v) is 5.01. The molecular formula is C16H26N2O2S. The molecule has 2 saturated heterocycles. The summed E-state index contributed by atoms with van der Waals surface area (Å²) < 4.78 is 0. The molecule has 0 spiro atoms. The summed E-state index contributed by atoms with van der Waals surface area (Å²) in [6.07, 6.45) is 10.8. The van der Waals surface area contributed by atoms with Crippen LogP contribution < -0.4 is 5.32 Å². The number of nitrogens with one attached hydrogen (secondary N) is 1. The lowest BCUT2D eigenvalue weighted by molar-refractivity contribution is -0.112. The van der Waals surface area contributed by atoms with Gasteiger partial charge in [0.25, 0.3) is 0 Å². The topological polar surface area (TPSA) is 49.4 Å². The molecule has 3 rings (SSSR count). The molecule has 2 atom stereocenters. The first-order valence-electron chi connectivity index (χ1n) is 8.49. The molecule has 2 unspecified atom stereocenters. The van der Waals surface area contributed by atoms with Crippen molar-refractivity contribution in [2.24, 2.45) is 5.92 Å². The lowest BCUT2D eigenvalue weighted by Crippen LogP contribution is -2.54. The molecule has 3 fully saturated rings. The number of nitrogens with zero attached hydrogens (tertiary/aromatic N) is 1. The summed E-state index contributed by atoms with van der Waals surface area (Å²) in [5, 5.41) is 3.12. The Kier molecular flexibility index (Phi) is 5.09. The number of carbonyl (C=O) groups excluding carboxylic acids is 2. The van der Waals surface area contributed by atoms with Gasteiger partial charge in [0.1, 0.15) is 6.04 Å². The third-order valence-electron chi connectivity index (χ3n) is 5.24. The van der Waals surface area contributed by atoms with E-state index >= 15 is 0 Å². The SMILES string of the molecule is O=C1SCCC1NC(=O)N1CCCCC1C1CCCCC1. The van der Waals surface area contributed by atoms with Gasteiger partial charge in [-0.15, -0.1) is 0 Å². The van der Waals surface area contributed by atoms with Crippen LogP contribution in [0.25, 0.3) is 0 Å². The molecule has 0 aromatic carbocycles. The summed E-state index contributed by atoms with van der Waals surface area (Å²) in [6.45, 7) is 0.862. The fourth-order valence-electron chi connectivity index (χ4n) is 4.08. The van der Waals surface area contributed by atoms with Crippen molar-refractivity contribution in [2.45, 2.75) is 69.9 Å². The van der Waals surface area contributed by atoms with Gasteiger partial charge in [0.05, 0.1) is 0 Å². The number of hydrogen-bond acceptors (Lipinski definition) is 3. The van der Waals surface area contributed by atoms with E-state index < -0.39 is 0 Å². The predicted octanol–water partition coefficient (Wildman–Crippen LogP) is 3.16. The molecule has 0 aromatic heterocycles. The fraction of sp³-hybridized carbons (Fsp3) is 0.875. The molecule has 3 aliphatic rings. The van der Waals surface area contributed by atoms with Crippen LogP contribution in [0.4, 0.5) is 4.79 Å². The van der Waals surface area contributed by atoms with Gasteiger partial charge in [-0.2, -0.15) is 0 Å². The minimum Gasteiger partial charge on any atom is -0.327 e. The number of urea groups is 1. The molecule has 0 aromatic rings. The lowest BCUT2D eigenvalue weighted by atomic mass is 9.80. The Morgan fingerprint density at radius 2 is 1.81 bits per heavy atom. The monoisotopic (exact) mass is 310 g/mol. The Bertz CT molecular complexity index is 396. The summed E-state index contributed by atoms with van der Waals surface area (Å²) in [7, 11) is 0. The minimum absolute atomic E-state index is 0.00567. The highest BCUT2D eigenvalue weighted by atomic mass is 32.2. The summed E-state index contributed by atoms with van der Waals surface area (Å²) in [6, 6.07) is 0.158. The minimum atomic E-state index is -0.253. The van der Waals surface area contributed by atoms with Crippen molar-refractivity contribution in [3.63, 3.8) is 0 Å². The molecule has 1 saturated carbocycles. The molecule has 2 heterocycles. The van der Waals surface area contributed by atoms with Crippen LogP contribution in [-0.2, 0) is 4.79 Å². The molecule has 0 bridgehead atoms. The number of amides is 2. The van der Waals surface area contributed by atoms with E-state index in [-0.39, 0.29) is 17.2 Å². The molecule has 2 aliphatic heterocycles. The molecule has 1 aliphatic carbocycles. The zero-order chi connectivity index (χ0) is 14.7. The Hall–Kier alpha value is -0.710. The van der Waals surface area contributed by atoms with Crippen molar-refractivity contribution < 1.29 is 9.59 Å². The number of carbonyl (C=O) groups is 2. The summed E-state index contributed by atoms with van der Waals surface area (Å²) in [5.74, 6) is 1.52. The molecule has 4 nitrogen and oxygen atoms in total. The first-order valence-corrected chi connectivity index (χ1v) is 9.48. The normalized spacial score (nSPS) is 31.4. The van der Waals surface area contributed by atoms with Crippen LogP contribution in [0.15, 0.2) is 0 Å². The van der Waals surface area contributed by atoms with Crippen LogP contribution in [0.2, 0.25) is 0 Å². The van der Waals surface area contributed by atoms with Crippen LogP contribution in [0.5, 0.6) is 0 Å². The highest BCUT2D eigenvalue weighted by molar-refractivity contribution is 8.14.